The van der Waals surface area contributed by atoms with E-state index in [9.17, 15) is 9.59 Å². The summed E-state index contributed by atoms with van der Waals surface area (Å²) in [7, 11) is 0. The maximum absolute atomic E-state index is 12.9. The van der Waals surface area contributed by atoms with Gasteiger partial charge in [-0.25, -0.2) is 0 Å². The van der Waals surface area contributed by atoms with E-state index in [1.807, 2.05) is 19.1 Å². The molecular weight excluding hydrogens is 294 g/mol. The van der Waals surface area contributed by atoms with E-state index in [2.05, 4.69) is 11.2 Å². The van der Waals surface area contributed by atoms with Crippen LogP contribution in [-0.2, 0) is 17.8 Å². The number of anilines is 1. The molecule has 1 aliphatic rings. The van der Waals surface area contributed by atoms with E-state index in [4.69, 9.17) is 5.11 Å². The van der Waals surface area contributed by atoms with Crippen LogP contribution in [0, 0.1) is 6.92 Å². The van der Waals surface area contributed by atoms with E-state index < -0.39 is 5.97 Å². The summed E-state index contributed by atoms with van der Waals surface area (Å²) in [5.74, 6) is -1.03. The maximum atomic E-state index is 12.9. The number of nitrogens with zero attached hydrogens (tertiary/aromatic N) is 3. The van der Waals surface area contributed by atoms with Gasteiger partial charge in [0.05, 0.1) is 13.0 Å². The highest BCUT2D eigenvalue weighted by Gasteiger charge is 2.25. The molecule has 1 aromatic carbocycles. The second-order valence-corrected chi connectivity index (χ2v) is 5.78. The van der Waals surface area contributed by atoms with Crippen LogP contribution in [0.25, 0.3) is 0 Å². The first kappa shape index (κ1) is 15.3. The van der Waals surface area contributed by atoms with Gasteiger partial charge in [0, 0.05) is 18.4 Å². The van der Waals surface area contributed by atoms with Crippen LogP contribution in [-0.4, -0.2) is 33.3 Å². The molecule has 1 aromatic heterocycles. The van der Waals surface area contributed by atoms with Crippen molar-refractivity contribution in [2.75, 3.05) is 11.4 Å². The lowest BCUT2D eigenvalue weighted by Crippen LogP contribution is -2.36. The Balaban J connectivity index is 1.88. The van der Waals surface area contributed by atoms with Gasteiger partial charge < -0.3 is 10.0 Å². The molecule has 0 atom stereocenters. The molecule has 6 heteroatoms. The second-order valence-electron chi connectivity index (χ2n) is 5.78. The van der Waals surface area contributed by atoms with Crippen LogP contribution in [0.1, 0.15) is 34.5 Å². The molecule has 1 amide bonds. The Morgan fingerprint density at radius 3 is 2.91 bits per heavy atom. The van der Waals surface area contributed by atoms with Crippen LogP contribution in [0.4, 0.5) is 5.69 Å². The van der Waals surface area contributed by atoms with E-state index in [0.717, 1.165) is 18.5 Å². The Morgan fingerprint density at radius 1 is 1.30 bits per heavy atom. The highest BCUT2D eigenvalue weighted by molar-refractivity contribution is 6.05. The molecule has 0 bridgehead atoms. The van der Waals surface area contributed by atoms with Gasteiger partial charge in [-0.2, -0.15) is 5.10 Å². The summed E-state index contributed by atoms with van der Waals surface area (Å²) in [5.41, 5.74) is 3.74. The number of carbonyl (C=O) groups is 2. The smallest absolute Gasteiger partial charge is 0.305 e. The lowest BCUT2D eigenvalue weighted by Gasteiger charge is -2.29. The number of rotatable bonds is 4. The third-order valence-corrected chi connectivity index (χ3v) is 4.07. The fourth-order valence-corrected chi connectivity index (χ4v) is 2.97. The third-order valence-electron chi connectivity index (χ3n) is 4.07. The molecule has 0 fully saturated rings. The summed E-state index contributed by atoms with van der Waals surface area (Å²) in [4.78, 5) is 25.4. The average Bonchev–Trinajstić information content (AvgIpc) is 2.99. The fraction of sp³-hybridized carbons (Fsp3) is 0.353. The van der Waals surface area contributed by atoms with E-state index in [0.29, 0.717) is 12.2 Å². The number of carbonyl (C=O) groups excluding carboxylic acids is 1. The van der Waals surface area contributed by atoms with Crippen LogP contribution < -0.4 is 4.90 Å². The zero-order valence-electron chi connectivity index (χ0n) is 13.0. The van der Waals surface area contributed by atoms with Crippen LogP contribution in [0.5, 0.6) is 0 Å². The molecule has 23 heavy (non-hydrogen) atoms. The Morgan fingerprint density at radius 2 is 2.13 bits per heavy atom. The number of benzene rings is 1. The Labute approximate surface area is 134 Å². The lowest BCUT2D eigenvalue weighted by molar-refractivity contribution is -0.137. The SMILES string of the molecule is Cc1ccc2c(c1)CCCN2C(=O)c1ccnn1CCC(=O)O. The minimum Gasteiger partial charge on any atom is -0.481 e. The molecule has 0 saturated carbocycles. The van der Waals surface area contributed by atoms with Crippen molar-refractivity contribution < 1.29 is 14.7 Å². The number of aromatic nitrogens is 2. The summed E-state index contributed by atoms with van der Waals surface area (Å²) in [5, 5.41) is 12.9. The zero-order chi connectivity index (χ0) is 16.4. The van der Waals surface area contributed by atoms with Gasteiger partial charge in [-0.3, -0.25) is 14.3 Å². The third kappa shape index (κ3) is 3.11. The van der Waals surface area contributed by atoms with E-state index in [1.54, 1.807) is 11.0 Å². The van der Waals surface area contributed by atoms with E-state index in [-0.39, 0.29) is 18.9 Å². The van der Waals surface area contributed by atoms with Gasteiger partial charge in [0.25, 0.3) is 5.91 Å². The first-order valence-corrected chi connectivity index (χ1v) is 7.71. The number of aliphatic carboxylic acids is 1. The molecule has 0 unspecified atom stereocenters. The molecule has 2 aromatic rings. The van der Waals surface area contributed by atoms with Crippen LogP contribution in [0.3, 0.4) is 0 Å². The first-order valence-electron chi connectivity index (χ1n) is 7.71. The van der Waals surface area contributed by atoms with E-state index in [1.165, 1.54) is 22.0 Å². The molecule has 0 saturated heterocycles. The van der Waals surface area contributed by atoms with Crippen molar-refractivity contribution in [1.82, 2.24) is 9.78 Å². The number of carboxylic acids is 1. The predicted octanol–water partition coefficient (Wildman–Crippen LogP) is 2.26. The minimum atomic E-state index is -0.905. The number of hydrogen-bond acceptors (Lipinski definition) is 3. The van der Waals surface area contributed by atoms with Crippen molar-refractivity contribution in [1.29, 1.82) is 0 Å². The zero-order valence-corrected chi connectivity index (χ0v) is 13.0. The lowest BCUT2D eigenvalue weighted by atomic mass is 9.99. The Hall–Kier alpha value is -2.63. The molecule has 0 aliphatic carbocycles. The Kier molecular flexibility index (Phi) is 4.14. The van der Waals surface area contributed by atoms with Crippen molar-refractivity contribution in [3.8, 4) is 0 Å². The van der Waals surface area contributed by atoms with Gasteiger partial charge in [0.1, 0.15) is 5.69 Å². The summed E-state index contributed by atoms with van der Waals surface area (Å²) < 4.78 is 1.47. The quantitative estimate of drug-likeness (QED) is 0.939. The predicted molar refractivity (Wildman–Crippen MR) is 85.7 cm³/mol. The van der Waals surface area contributed by atoms with Crippen molar-refractivity contribution >= 4 is 17.6 Å². The van der Waals surface area contributed by atoms with Gasteiger partial charge in [-0.15, -0.1) is 0 Å². The average molecular weight is 313 g/mol. The van der Waals surface area contributed by atoms with Gasteiger partial charge >= 0.3 is 5.97 Å². The molecule has 1 aliphatic heterocycles. The summed E-state index contributed by atoms with van der Waals surface area (Å²) >= 11 is 0. The number of aryl methyl sites for hydroxylation is 3. The van der Waals surface area contributed by atoms with Gasteiger partial charge in [-0.05, 0) is 37.5 Å². The molecular formula is C17H19N3O3. The number of amides is 1. The van der Waals surface area contributed by atoms with Gasteiger partial charge in [0.15, 0.2) is 0 Å². The second kappa shape index (κ2) is 6.24. The first-order chi connectivity index (χ1) is 11.1. The molecule has 0 spiro atoms. The number of fused-ring (bicyclic) bond motifs is 1. The molecule has 1 N–H and O–H groups in total. The van der Waals surface area contributed by atoms with Crippen molar-refractivity contribution in [3.63, 3.8) is 0 Å². The summed E-state index contributed by atoms with van der Waals surface area (Å²) in [6, 6.07) is 7.76. The van der Waals surface area contributed by atoms with Crippen LogP contribution in [0.15, 0.2) is 30.5 Å². The van der Waals surface area contributed by atoms with E-state index >= 15 is 0 Å². The van der Waals surface area contributed by atoms with Gasteiger partial charge in [0.2, 0.25) is 0 Å². The number of carboxylic acid groups (broad SMARTS) is 1. The molecule has 0 radical (unpaired) electrons. The van der Waals surface area contributed by atoms with Crippen molar-refractivity contribution in [2.45, 2.75) is 32.7 Å². The molecule has 3 rings (SSSR count). The van der Waals surface area contributed by atoms with Crippen LogP contribution in [0.2, 0.25) is 0 Å². The highest BCUT2D eigenvalue weighted by Crippen LogP contribution is 2.29. The highest BCUT2D eigenvalue weighted by atomic mass is 16.4. The topological polar surface area (TPSA) is 75.4 Å². The summed E-state index contributed by atoms with van der Waals surface area (Å²) in [6.45, 7) is 2.90. The maximum Gasteiger partial charge on any atom is 0.305 e. The van der Waals surface area contributed by atoms with Crippen LogP contribution >= 0.6 is 0 Å². The number of hydrogen-bond donors (Lipinski definition) is 1. The standard InChI is InChI=1S/C17H19N3O3/c1-12-4-5-14-13(11-12)3-2-9-19(14)17(23)15-6-8-18-20(15)10-7-16(21)22/h4-6,8,11H,2-3,7,9-10H2,1H3,(H,21,22). The molecule has 2 heterocycles. The minimum absolute atomic E-state index is 0.0578. The molecule has 6 nitrogen and oxygen atoms in total. The fourth-order valence-electron chi connectivity index (χ4n) is 2.97. The molecule has 120 valence electrons. The normalized spacial score (nSPS) is 13.7. The van der Waals surface area contributed by atoms with Crippen molar-refractivity contribution in [2.24, 2.45) is 0 Å². The largest absolute Gasteiger partial charge is 0.481 e. The summed E-state index contributed by atoms with van der Waals surface area (Å²) in [6.07, 6.45) is 3.37. The Bertz CT molecular complexity index is 751. The van der Waals surface area contributed by atoms with Gasteiger partial charge in [-0.1, -0.05) is 17.7 Å². The van der Waals surface area contributed by atoms with Crippen molar-refractivity contribution in [3.05, 3.63) is 47.3 Å². The monoisotopic (exact) mass is 313 g/mol.